The van der Waals surface area contributed by atoms with Gasteiger partial charge >= 0.3 is 0 Å². The van der Waals surface area contributed by atoms with E-state index in [1.807, 2.05) is 30.3 Å². The first kappa shape index (κ1) is 14.4. The highest BCUT2D eigenvalue weighted by molar-refractivity contribution is 5.92. The molecule has 2 heterocycles. The lowest BCUT2D eigenvalue weighted by Crippen LogP contribution is -2.13. The summed E-state index contributed by atoms with van der Waals surface area (Å²) in [5.41, 5.74) is 3.73. The van der Waals surface area contributed by atoms with E-state index < -0.39 is 0 Å². The van der Waals surface area contributed by atoms with E-state index in [-0.39, 0.29) is 5.41 Å². The van der Waals surface area contributed by atoms with Crippen LogP contribution in [-0.4, -0.2) is 16.2 Å². The molecule has 0 N–H and O–H groups in total. The fourth-order valence-electron chi connectivity index (χ4n) is 2.24. The van der Waals surface area contributed by atoms with Crippen molar-refractivity contribution in [3.05, 3.63) is 66.1 Å². The van der Waals surface area contributed by atoms with E-state index in [1.54, 1.807) is 12.4 Å². The molecule has 3 aromatic rings. The van der Waals surface area contributed by atoms with Crippen LogP contribution in [0.3, 0.4) is 0 Å². The molecule has 0 bridgehead atoms. The van der Waals surface area contributed by atoms with Crippen LogP contribution in [0.15, 0.2) is 59.7 Å². The van der Waals surface area contributed by atoms with Crippen molar-refractivity contribution in [2.24, 2.45) is 4.99 Å². The first-order valence-corrected chi connectivity index (χ1v) is 7.39. The Bertz CT molecular complexity index is 815. The Morgan fingerprint density at radius 1 is 0.955 bits per heavy atom. The van der Waals surface area contributed by atoms with Crippen molar-refractivity contribution in [3.63, 3.8) is 0 Å². The molecule has 1 aromatic carbocycles. The standard InChI is InChI=1S/C19H19N3/c1-19(2,3)17-11-10-14-7-6-9-16(18(14)22-17)21-13-15-8-4-5-12-20-15/h4-13H,1-3H3. The number of hydrogen-bond donors (Lipinski definition) is 0. The van der Waals surface area contributed by atoms with Gasteiger partial charge in [0.05, 0.1) is 23.1 Å². The lowest BCUT2D eigenvalue weighted by Gasteiger charge is -2.18. The summed E-state index contributed by atoms with van der Waals surface area (Å²) in [6.45, 7) is 6.50. The smallest absolute Gasteiger partial charge is 0.0961 e. The summed E-state index contributed by atoms with van der Waals surface area (Å²) in [5, 5.41) is 1.10. The first-order valence-electron chi connectivity index (χ1n) is 7.39. The molecule has 0 aliphatic rings. The minimum Gasteiger partial charge on any atom is -0.255 e. The Morgan fingerprint density at radius 2 is 1.82 bits per heavy atom. The van der Waals surface area contributed by atoms with Gasteiger partial charge in [-0.15, -0.1) is 0 Å². The molecule has 0 aliphatic heterocycles. The highest BCUT2D eigenvalue weighted by atomic mass is 14.8. The topological polar surface area (TPSA) is 38.1 Å². The molecule has 0 spiro atoms. The van der Waals surface area contributed by atoms with Crippen molar-refractivity contribution >= 4 is 22.8 Å². The zero-order valence-electron chi connectivity index (χ0n) is 13.1. The van der Waals surface area contributed by atoms with Gasteiger partial charge in [-0.2, -0.15) is 0 Å². The van der Waals surface area contributed by atoms with Crippen molar-refractivity contribution < 1.29 is 0 Å². The second-order valence-corrected chi connectivity index (χ2v) is 6.31. The fourth-order valence-corrected chi connectivity index (χ4v) is 2.24. The van der Waals surface area contributed by atoms with Crippen LogP contribution in [0.25, 0.3) is 10.9 Å². The van der Waals surface area contributed by atoms with Crippen LogP contribution in [0.2, 0.25) is 0 Å². The largest absolute Gasteiger partial charge is 0.255 e. The minimum atomic E-state index is 0.0198. The molecule has 0 amide bonds. The SMILES string of the molecule is CC(C)(C)c1ccc2cccc(N=Cc3ccccn3)c2n1. The average Bonchev–Trinajstić information content (AvgIpc) is 2.52. The first-order chi connectivity index (χ1) is 10.5. The monoisotopic (exact) mass is 289 g/mol. The number of hydrogen-bond acceptors (Lipinski definition) is 3. The lowest BCUT2D eigenvalue weighted by molar-refractivity contribution is 0.571. The van der Waals surface area contributed by atoms with Crippen molar-refractivity contribution in [1.29, 1.82) is 0 Å². The van der Waals surface area contributed by atoms with Gasteiger partial charge in [0.2, 0.25) is 0 Å². The van der Waals surface area contributed by atoms with Crippen LogP contribution in [0.4, 0.5) is 5.69 Å². The Labute approximate surface area is 130 Å². The maximum absolute atomic E-state index is 4.82. The average molecular weight is 289 g/mol. The number of para-hydroxylation sites is 1. The highest BCUT2D eigenvalue weighted by Crippen LogP contribution is 2.28. The molecule has 0 saturated heterocycles. The van der Waals surface area contributed by atoms with Gasteiger partial charge in [-0.3, -0.25) is 15.0 Å². The predicted octanol–water partition coefficient (Wildman–Crippen LogP) is 4.68. The third-order valence-corrected chi connectivity index (χ3v) is 3.49. The van der Waals surface area contributed by atoms with Crippen LogP contribution >= 0.6 is 0 Å². The molecule has 0 unspecified atom stereocenters. The minimum absolute atomic E-state index is 0.0198. The molecule has 0 fully saturated rings. The Morgan fingerprint density at radius 3 is 2.55 bits per heavy atom. The highest BCUT2D eigenvalue weighted by Gasteiger charge is 2.16. The van der Waals surface area contributed by atoms with E-state index >= 15 is 0 Å². The molecule has 3 nitrogen and oxygen atoms in total. The van der Waals surface area contributed by atoms with Gasteiger partial charge in [-0.05, 0) is 24.3 Å². The van der Waals surface area contributed by atoms with Crippen molar-refractivity contribution in [3.8, 4) is 0 Å². The van der Waals surface area contributed by atoms with Gasteiger partial charge in [0.25, 0.3) is 0 Å². The molecule has 2 aromatic heterocycles. The van der Waals surface area contributed by atoms with Crippen LogP contribution in [0, 0.1) is 0 Å². The summed E-state index contributed by atoms with van der Waals surface area (Å²) in [4.78, 5) is 13.7. The fraction of sp³-hybridized carbons (Fsp3) is 0.211. The third kappa shape index (κ3) is 3.03. The molecule has 0 saturated carbocycles. The Kier molecular flexibility index (Phi) is 3.72. The molecule has 110 valence electrons. The van der Waals surface area contributed by atoms with Crippen LogP contribution in [0.1, 0.15) is 32.2 Å². The van der Waals surface area contributed by atoms with Gasteiger partial charge in [-0.1, -0.05) is 45.0 Å². The summed E-state index contributed by atoms with van der Waals surface area (Å²) in [7, 11) is 0. The maximum atomic E-state index is 4.82. The Balaban J connectivity index is 2.07. The molecule has 22 heavy (non-hydrogen) atoms. The third-order valence-electron chi connectivity index (χ3n) is 3.49. The van der Waals surface area contributed by atoms with Crippen LogP contribution in [0.5, 0.6) is 0 Å². The molecule has 0 atom stereocenters. The summed E-state index contributed by atoms with van der Waals surface area (Å²) in [5.74, 6) is 0. The molecule has 3 rings (SSSR count). The lowest BCUT2D eigenvalue weighted by atomic mass is 9.91. The Hall–Kier alpha value is -2.55. The van der Waals surface area contributed by atoms with E-state index in [4.69, 9.17) is 4.98 Å². The number of rotatable bonds is 2. The van der Waals surface area contributed by atoms with Gasteiger partial charge in [-0.25, -0.2) is 0 Å². The maximum Gasteiger partial charge on any atom is 0.0961 e. The quantitative estimate of drug-likeness (QED) is 0.642. The zero-order chi connectivity index (χ0) is 15.6. The molecule has 0 aliphatic carbocycles. The number of pyridine rings is 2. The number of nitrogens with zero attached hydrogens (tertiary/aromatic N) is 3. The van der Waals surface area contributed by atoms with Gasteiger partial charge in [0.15, 0.2) is 0 Å². The molecule has 0 radical (unpaired) electrons. The predicted molar refractivity (Wildman–Crippen MR) is 91.9 cm³/mol. The zero-order valence-corrected chi connectivity index (χ0v) is 13.1. The number of fused-ring (bicyclic) bond motifs is 1. The molecular formula is C19H19N3. The normalized spacial score (nSPS) is 12.1. The summed E-state index contributed by atoms with van der Waals surface area (Å²) < 4.78 is 0. The van der Waals surface area contributed by atoms with Crippen molar-refractivity contribution in [1.82, 2.24) is 9.97 Å². The number of benzene rings is 1. The number of aromatic nitrogens is 2. The molecular weight excluding hydrogens is 270 g/mol. The summed E-state index contributed by atoms with van der Waals surface area (Å²) >= 11 is 0. The summed E-state index contributed by atoms with van der Waals surface area (Å²) in [6, 6.07) is 16.0. The van der Waals surface area contributed by atoms with Crippen LogP contribution in [-0.2, 0) is 5.41 Å². The van der Waals surface area contributed by atoms with E-state index in [9.17, 15) is 0 Å². The van der Waals surface area contributed by atoms with Crippen molar-refractivity contribution in [2.75, 3.05) is 0 Å². The van der Waals surface area contributed by atoms with Crippen LogP contribution < -0.4 is 0 Å². The van der Waals surface area contributed by atoms with E-state index in [0.717, 1.165) is 28.0 Å². The summed E-state index contributed by atoms with van der Waals surface area (Å²) in [6.07, 6.45) is 3.54. The van der Waals surface area contributed by atoms with E-state index in [1.165, 1.54) is 0 Å². The molecule has 3 heteroatoms. The van der Waals surface area contributed by atoms with Crippen molar-refractivity contribution in [2.45, 2.75) is 26.2 Å². The van der Waals surface area contributed by atoms with E-state index in [0.29, 0.717) is 0 Å². The van der Waals surface area contributed by atoms with E-state index in [2.05, 4.69) is 48.9 Å². The second-order valence-electron chi connectivity index (χ2n) is 6.31. The van der Waals surface area contributed by atoms with Gasteiger partial charge in [0.1, 0.15) is 0 Å². The van der Waals surface area contributed by atoms with Gasteiger partial charge < -0.3 is 0 Å². The number of aliphatic imine (C=N–C) groups is 1. The second kappa shape index (κ2) is 5.68. The van der Waals surface area contributed by atoms with Gasteiger partial charge in [0, 0.05) is 22.7 Å².